The van der Waals surface area contributed by atoms with Crippen LogP contribution in [-0.4, -0.2) is 24.6 Å². The number of nitrogens with one attached hydrogen (secondary N) is 1. The lowest BCUT2D eigenvalue weighted by Crippen LogP contribution is -2.40. The average molecular weight is 141 g/mol. The zero-order chi connectivity index (χ0) is 7.23. The van der Waals surface area contributed by atoms with Crippen molar-refractivity contribution < 1.29 is 0 Å². The van der Waals surface area contributed by atoms with Gasteiger partial charge in [-0.25, -0.2) is 5.01 Å². The van der Waals surface area contributed by atoms with Crippen LogP contribution >= 0.6 is 0 Å². The molecule has 0 amide bonds. The van der Waals surface area contributed by atoms with Crippen LogP contribution in [0.5, 0.6) is 0 Å². The molecule has 0 atom stereocenters. The van der Waals surface area contributed by atoms with Gasteiger partial charge in [0.2, 0.25) is 0 Å². The molecule has 0 aliphatic carbocycles. The monoisotopic (exact) mass is 141 g/mol. The lowest BCUT2D eigenvalue weighted by molar-refractivity contribution is 0.190. The van der Waals surface area contributed by atoms with E-state index in [-0.39, 0.29) is 0 Å². The van der Waals surface area contributed by atoms with Crippen LogP contribution in [-0.2, 0) is 0 Å². The van der Waals surface area contributed by atoms with Gasteiger partial charge in [-0.2, -0.15) is 0 Å². The molecule has 0 aromatic rings. The van der Waals surface area contributed by atoms with Crippen molar-refractivity contribution in [1.82, 2.24) is 10.4 Å². The van der Waals surface area contributed by atoms with Crippen molar-refractivity contribution in [2.45, 2.75) is 25.7 Å². The molecule has 0 bridgehead atoms. The first-order valence-corrected chi connectivity index (χ1v) is 4.21. The highest BCUT2D eigenvalue weighted by atomic mass is 15.5. The summed E-state index contributed by atoms with van der Waals surface area (Å²) in [6, 6.07) is 0. The van der Waals surface area contributed by atoms with E-state index in [2.05, 4.69) is 17.4 Å². The summed E-state index contributed by atoms with van der Waals surface area (Å²) in [4.78, 5) is 0. The summed E-state index contributed by atoms with van der Waals surface area (Å²) in [5.74, 6) is 0. The molecule has 1 N–H and O–H groups in total. The van der Waals surface area contributed by atoms with Crippen LogP contribution in [0.15, 0.2) is 0 Å². The molecule has 1 radical (unpaired) electrons. The number of hydrogen-bond acceptors (Lipinski definition) is 2. The Labute approximate surface area is 63.6 Å². The molecule has 1 saturated heterocycles. The second-order valence-corrected chi connectivity index (χ2v) is 2.81. The Morgan fingerprint density at radius 3 is 2.80 bits per heavy atom. The standard InChI is InChI=1S/C8H17N2/c1-2-10-8-6-4-3-5-7-9-10/h9H,1-8H2. The minimum absolute atomic E-state index is 0.889. The van der Waals surface area contributed by atoms with Gasteiger partial charge in [0.05, 0.1) is 0 Å². The van der Waals surface area contributed by atoms with E-state index in [1.165, 1.54) is 32.2 Å². The molecule has 59 valence electrons. The number of nitrogens with zero attached hydrogens (tertiary/aromatic N) is 1. The normalized spacial score (nSPS) is 23.7. The first kappa shape index (κ1) is 8.02. The van der Waals surface area contributed by atoms with Gasteiger partial charge in [-0.1, -0.05) is 12.8 Å². The van der Waals surface area contributed by atoms with Gasteiger partial charge in [0.15, 0.2) is 0 Å². The highest BCUT2D eigenvalue weighted by molar-refractivity contribution is 4.58. The summed E-state index contributed by atoms with van der Waals surface area (Å²) < 4.78 is 0. The van der Waals surface area contributed by atoms with Crippen molar-refractivity contribution >= 4 is 0 Å². The number of hydrogen-bond donors (Lipinski definition) is 1. The summed E-state index contributed by atoms with van der Waals surface area (Å²) in [7, 11) is 0. The third kappa shape index (κ3) is 2.67. The predicted octanol–water partition coefficient (Wildman–Crippen LogP) is 1.20. The predicted molar refractivity (Wildman–Crippen MR) is 43.4 cm³/mol. The van der Waals surface area contributed by atoms with Gasteiger partial charge >= 0.3 is 0 Å². The van der Waals surface area contributed by atoms with Crippen LogP contribution in [0.2, 0.25) is 0 Å². The van der Waals surface area contributed by atoms with E-state index in [1.807, 2.05) is 0 Å². The molecule has 0 saturated carbocycles. The zero-order valence-corrected chi connectivity index (χ0v) is 6.60. The van der Waals surface area contributed by atoms with E-state index in [1.54, 1.807) is 0 Å². The van der Waals surface area contributed by atoms with Gasteiger partial charge in [-0.15, -0.1) is 0 Å². The van der Waals surface area contributed by atoms with Gasteiger partial charge in [0, 0.05) is 19.6 Å². The molecule has 1 fully saturated rings. The van der Waals surface area contributed by atoms with Crippen molar-refractivity contribution in [3.05, 3.63) is 6.92 Å². The molecule has 0 aromatic carbocycles. The van der Waals surface area contributed by atoms with Crippen LogP contribution in [0.1, 0.15) is 25.7 Å². The molecule has 0 aromatic heterocycles. The maximum Gasteiger partial charge on any atom is 0.0131 e. The SMILES string of the molecule is [CH2]CN1CCCCCCN1. The second kappa shape index (κ2) is 4.69. The first-order chi connectivity index (χ1) is 4.93. The van der Waals surface area contributed by atoms with E-state index < -0.39 is 0 Å². The first-order valence-electron chi connectivity index (χ1n) is 4.21. The van der Waals surface area contributed by atoms with E-state index in [0.717, 1.165) is 13.1 Å². The van der Waals surface area contributed by atoms with Gasteiger partial charge in [0.25, 0.3) is 0 Å². The summed E-state index contributed by atoms with van der Waals surface area (Å²) in [6.07, 6.45) is 5.41. The van der Waals surface area contributed by atoms with Crippen LogP contribution in [0.3, 0.4) is 0 Å². The Morgan fingerprint density at radius 2 is 2.00 bits per heavy atom. The number of hydrazine groups is 1. The summed E-state index contributed by atoms with van der Waals surface area (Å²) >= 11 is 0. The van der Waals surface area contributed by atoms with Crippen molar-refractivity contribution in [1.29, 1.82) is 0 Å². The molecule has 1 rings (SSSR count). The van der Waals surface area contributed by atoms with Crippen LogP contribution in [0.25, 0.3) is 0 Å². The Bertz CT molecular complexity index is 75.3. The minimum atomic E-state index is 0.889. The topological polar surface area (TPSA) is 15.3 Å². The van der Waals surface area contributed by atoms with Gasteiger partial charge in [0.1, 0.15) is 0 Å². The maximum absolute atomic E-state index is 3.85. The van der Waals surface area contributed by atoms with Crippen LogP contribution in [0.4, 0.5) is 0 Å². The van der Waals surface area contributed by atoms with Crippen molar-refractivity contribution in [3.8, 4) is 0 Å². The largest absolute Gasteiger partial charge is 0.255 e. The van der Waals surface area contributed by atoms with Crippen molar-refractivity contribution in [2.24, 2.45) is 0 Å². The summed E-state index contributed by atoms with van der Waals surface area (Å²) in [5, 5.41) is 2.21. The van der Waals surface area contributed by atoms with E-state index in [4.69, 9.17) is 0 Å². The summed E-state index contributed by atoms with van der Waals surface area (Å²) in [5.41, 5.74) is 3.34. The minimum Gasteiger partial charge on any atom is -0.255 e. The second-order valence-electron chi connectivity index (χ2n) is 2.81. The zero-order valence-electron chi connectivity index (χ0n) is 6.60. The highest BCUT2D eigenvalue weighted by Gasteiger charge is 2.03. The third-order valence-electron chi connectivity index (χ3n) is 1.96. The molecule has 1 heterocycles. The third-order valence-corrected chi connectivity index (χ3v) is 1.96. The molecule has 1 aliphatic rings. The molecular formula is C8H17N2. The molecule has 2 nitrogen and oxygen atoms in total. The molecule has 0 spiro atoms. The molecular weight excluding hydrogens is 124 g/mol. The van der Waals surface area contributed by atoms with Crippen molar-refractivity contribution in [3.63, 3.8) is 0 Å². The fraction of sp³-hybridized carbons (Fsp3) is 0.875. The lowest BCUT2D eigenvalue weighted by atomic mass is 10.2. The molecule has 10 heavy (non-hydrogen) atoms. The molecule has 0 unspecified atom stereocenters. The average Bonchev–Trinajstić information content (AvgIpc) is 1.87. The fourth-order valence-corrected chi connectivity index (χ4v) is 1.29. The Hall–Kier alpha value is -0.0800. The smallest absolute Gasteiger partial charge is 0.0131 e. The number of rotatable bonds is 1. The van der Waals surface area contributed by atoms with Gasteiger partial charge < -0.3 is 0 Å². The van der Waals surface area contributed by atoms with Gasteiger partial charge in [-0.3, -0.25) is 5.43 Å². The Morgan fingerprint density at radius 1 is 1.20 bits per heavy atom. The summed E-state index contributed by atoms with van der Waals surface area (Å²) in [6.45, 7) is 7.04. The molecule has 2 heteroatoms. The highest BCUT2D eigenvalue weighted by Crippen LogP contribution is 2.03. The van der Waals surface area contributed by atoms with E-state index >= 15 is 0 Å². The van der Waals surface area contributed by atoms with Crippen molar-refractivity contribution in [2.75, 3.05) is 19.6 Å². The fourth-order valence-electron chi connectivity index (χ4n) is 1.29. The Balaban J connectivity index is 2.16. The Kier molecular flexibility index (Phi) is 3.76. The molecule has 1 aliphatic heterocycles. The van der Waals surface area contributed by atoms with E-state index in [9.17, 15) is 0 Å². The maximum atomic E-state index is 3.85. The quantitative estimate of drug-likeness (QED) is 0.590. The van der Waals surface area contributed by atoms with E-state index in [0.29, 0.717) is 0 Å². The van der Waals surface area contributed by atoms with Gasteiger partial charge in [-0.05, 0) is 19.8 Å². The van der Waals surface area contributed by atoms with Crippen LogP contribution in [0, 0.1) is 6.92 Å². The lowest BCUT2D eigenvalue weighted by Gasteiger charge is -2.23. The van der Waals surface area contributed by atoms with Crippen LogP contribution < -0.4 is 5.43 Å².